The molecule has 1 aliphatic rings. The van der Waals surface area contributed by atoms with E-state index in [2.05, 4.69) is 5.32 Å². The van der Waals surface area contributed by atoms with Gasteiger partial charge in [0.1, 0.15) is 5.75 Å². The molecule has 1 fully saturated rings. The number of amides is 1. The Morgan fingerprint density at radius 3 is 2.35 bits per heavy atom. The van der Waals surface area contributed by atoms with Gasteiger partial charge in [0.2, 0.25) is 10.0 Å². The first-order chi connectivity index (χ1) is 10.8. The minimum atomic E-state index is -3.29. The molecular weight excluding hydrogens is 316 g/mol. The average molecular weight is 340 g/mol. The standard InChI is InChI=1S/C16H24N2O4S/c1-12(16(19)17-13-6-4-5-7-13)22-15-10-8-14(9-11-15)18(2)23(3,20)21/h8-13H,4-7H2,1-3H3,(H,17,19)/t12-/m1/s1. The Hall–Kier alpha value is -1.76. The smallest absolute Gasteiger partial charge is 0.260 e. The van der Waals surface area contributed by atoms with Gasteiger partial charge >= 0.3 is 0 Å². The number of benzene rings is 1. The van der Waals surface area contributed by atoms with E-state index < -0.39 is 16.1 Å². The van der Waals surface area contributed by atoms with Gasteiger partial charge in [-0.2, -0.15) is 0 Å². The number of rotatable bonds is 6. The van der Waals surface area contributed by atoms with Crippen molar-refractivity contribution < 1.29 is 17.9 Å². The van der Waals surface area contributed by atoms with E-state index in [-0.39, 0.29) is 11.9 Å². The van der Waals surface area contributed by atoms with Crippen LogP contribution in [0.5, 0.6) is 5.75 Å². The molecule has 1 atom stereocenters. The summed E-state index contributed by atoms with van der Waals surface area (Å²) < 4.78 is 29.8. The normalized spacial score (nSPS) is 16.8. The van der Waals surface area contributed by atoms with Crippen LogP contribution in [0.2, 0.25) is 0 Å². The zero-order chi connectivity index (χ0) is 17.0. The molecule has 0 bridgehead atoms. The summed E-state index contributed by atoms with van der Waals surface area (Å²) in [6.07, 6.45) is 4.95. The summed E-state index contributed by atoms with van der Waals surface area (Å²) in [5.74, 6) is 0.416. The molecule has 7 heteroatoms. The molecule has 2 rings (SSSR count). The predicted molar refractivity (Wildman–Crippen MR) is 90.2 cm³/mol. The number of nitrogens with one attached hydrogen (secondary N) is 1. The van der Waals surface area contributed by atoms with Gasteiger partial charge in [-0.05, 0) is 44.0 Å². The molecule has 128 valence electrons. The quantitative estimate of drug-likeness (QED) is 0.858. The molecule has 1 aliphatic carbocycles. The fourth-order valence-corrected chi connectivity index (χ4v) is 3.08. The Balaban J connectivity index is 1.93. The summed E-state index contributed by atoms with van der Waals surface area (Å²) in [5, 5.41) is 3.00. The highest BCUT2D eigenvalue weighted by molar-refractivity contribution is 7.92. The number of anilines is 1. The zero-order valence-corrected chi connectivity index (χ0v) is 14.6. The van der Waals surface area contributed by atoms with Gasteiger partial charge in [-0.3, -0.25) is 9.10 Å². The molecule has 0 saturated heterocycles. The average Bonchev–Trinajstić information content (AvgIpc) is 2.99. The lowest BCUT2D eigenvalue weighted by molar-refractivity contribution is -0.127. The number of carbonyl (C=O) groups excluding carboxylic acids is 1. The van der Waals surface area contributed by atoms with Gasteiger partial charge in [-0.1, -0.05) is 12.8 Å². The molecule has 0 spiro atoms. The third-order valence-corrected chi connectivity index (χ3v) is 5.29. The Labute approximate surface area is 137 Å². The van der Waals surface area contributed by atoms with Crippen molar-refractivity contribution in [2.75, 3.05) is 17.6 Å². The second-order valence-electron chi connectivity index (χ2n) is 5.97. The van der Waals surface area contributed by atoms with Crippen molar-refractivity contribution in [3.63, 3.8) is 0 Å². The molecule has 1 aromatic rings. The lowest BCUT2D eigenvalue weighted by Crippen LogP contribution is -2.41. The van der Waals surface area contributed by atoms with Crippen molar-refractivity contribution in [1.29, 1.82) is 0 Å². The van der Waals surface area contributed by atoms with E-state index in [0.29, 0.717) is 11.4 Å². The third-order valence-electron chi connectivity index (χ3n) is 4.08. The van der Waals surface area contributed by atoms with Gasteiger partial charge in [-0.15, -0.1) is 0 Å². The second kappa shape index (κ2) is 7.21. The van der Waals surface area contributed by atoms with Crippen LogP contribution in [0.25, 0.3) is 0 Å². The topological polar surface area (TPSA) is 75.7 Å². The number of hydrogen-bond acceptors (Lipinski definition) is 4. The number of ether oxygens (including phenoxy) is 1. The molecule has 1 amide bonds. The van der Waals surface area contributed by atoms with Gasteiger partial charge in [0.15, 0.2) is 6.10 Å². The van der Waals surface area contributed by atoms with Gasteiger partial charge in [0.05, 0.1) is 11.9 Å². The van der Waals surface area contributed by atoms with Crippen LogP contribution in [-0.2, 0) is 14.8 Å². The molecule has 0 aromatic heterocycles. The van der Waals surface area contributed by atoms with Gasteiger partial charge in [0.25, 0.3) is 5.91 Å². The minimum Gasteiger partial charge on any atom is -0.481 e. The van der Waals surface area contributed by atoms with Gasteiger partial charge in [0, 0.05) is 13.1 Å². The highest BCUT2D eigenvalue weighted by atomic mass is 32.2. The Bertz CT molecular complexity index is 637. The van der Waals surface area contributed by atoms with E-state index in [0.717, 1.165) is 31.9 Å². The van der Waals surface area contributed by atoms with E-state index in [4.69, 9.17) is 4.74 Å². The van der Waals surface area contributed by atoms with Crippen molar-refractivity contribution in [3.8, 4) is 5.75 Å². The van der Waals surface area contributed by atoms with Crippen LogP contribution in [0, 0.1) is 0 Å². The first kappa shape index (κ1) is 17.6. The number of sulfonamides is 1. The summed E-state index contributed by atoms with van der Waals surface area (Å²) in [5.41, 5.74) is 0.544. The van der Waals surface area contributed by atoms with Gasteiger partial charge < -0.3 is 10.1 Å². The van der Waals surface area contributed by atoms with Crippen LogP contribution in [0.1, 0.15) is 32.6 Å². The second-order valence-corrected chi connectivity index (χ2v) is 7.99. The number of carbonyl (C=O) groups is 1. The molecule has 6 nitrogen and oxygen atoms in total. The predicted octanol–water partition coefficient (Wildman–Crippen LogP) is 1.91. The molecular formula is C16H24N2O4S. The van der Waals surface area contributed by atoms with Crippen molar-refractivity contribution in [1.82, 2.24) is 5.32 Å². The van der Waals surface area contributed by atoms with Gasteiger partial charge in [-0.25, -0.2) is 8.42 Å². The van der Waals surface area contributed by atoms with Crippen molar-refractivity contribution in [3.05, 3.63) is 24.3 Å². The molecule has 1 saturated carbocycles. The van der Waals surface area contributed by atoms with E-state index in [9.17, 15) is 13.2 Å². The Morgan fingerprint density at radius 1 is 1.26 bits per heavy atom. The highest BCUT2D eigenvalue weighted by Crippen LogP contribution is 2.21. The van der Waals surface area contributed by atoms with Crippen LogP contribution >= 0.6 is 0 Å². The lowest BCUT2D eigenvalue weighted by Gasteiger charge is -2.19. The Morgan fingerprint density at radius 2 is 1.83 bits per heavy atom. The maximum absolute atomic E-state index is 12.1. The fraction of sp³-hybridized carbons (Fsp3) is 0.562. The third kappa shape index (κ3) is 4.86. The lowest BCUT2D eigenvalue weighted by atomic mass is 10.2. The summed E-state index contributed by atoms with van der Waals surface area (Å²) in [6, 6.07) is 6.89. The largest absolute Gasteiger partial charge is 0.481 e. The zero-order valence-electron chi connectivity index (χ0n) is 13.8. The van der Waals surface area contributed by atoms with Crippen LogP contribution in [0.4, 0.5) is 5.69 Å². The molecule has 0 aliphatic heterocycles. The SMILES string of the molecule is C[C@@H](Oc1ccc(N(C)S(C)(=O)=O)cc1)C(=O)NC1CCCC1. The van der Waals surface area contributed by atoms with Crippen molar-refractivity contribution in [2.24, 2.45) is 0 Å². The van der Waals surface area contributed by atoms with Crippen molar-refractivity contribution >= 4 is 21.6 Å². The van der Waals surface area contributed by atoms with Crippen LogP contribution in [0.3, 0.4) is 0 Å². The molecule has 0 unspecified atom stereocenters. The van der Waals surface area contributed by atoms with Crippen LogP contribution in [-0.4, -0.2) is 39.8 Å². The fourth-order valence-electron chi connectivity index (χ4n) is 2.57. The number of hydrogen-bond donors (Lipinski definition) is 1. The first-order valence-electron chi connectivity index (χ1n) is 7.78. The summed E-state index contributed by atoms with van der Waals surface area (Å²) >= 11 is 0. The molecule has 0 radical (unpaired) electrons. The van der Waals surface area contributed by atoms with Crippen LogP contribution in [0.15, 0.2) is 24.3 Å². The first-order valence-corrected chi connectivity index (χ1v) is 9.63. The minimum absolute atomic E-state index is 0.116. The van der Waals surface area contributed by atoms with E-state index in [1.807, 2.05) is 0 Å². The summed E-state index contributed by atoms with van der Waals surface area (Å²) in [7, 11) is -1.80. The monoisotopic (exact) mass is 340 g/mol. The molecule has 1 N–H and O–H groups in total. The summed E-state index contributed by atoms with van der Waals surface area (Å²) in [4.78, 5) is 12.1. The molecule has 0 heterocycles. The van der Waals surface area contributed by atoms with Crippen molar-refractivity contribution in [2.45, 2.75) is 44.8 Å². The van der Waals surface area contributed by atoms with Crippen LogP contribution < -0.4 is 14.4 Å². The molecule has 1 aromatic carbocycles. The summed E-state index contributed by atoms with van der Waals surface area (Å²) in [6.45, 7) is 1.71. The van der Waals surface area contributed by atoms with E-state index in [1.165, 1.54) is 11.4 Å². The number of nitrogens with zero attached hydrogens (tertiary/aromatic N) is 1. The van der Waals surface area contributed by atoms with E-state index >= 15 is 0 Å². The Kier molecular flexibility index (Phi) is 5.51. The highest BCUT2D eigenvalue weighted by Gasteiger charge is 2.21. The maximum Gasteiger partial charge on any atom is 0.260 e. The van der Waals surface area contributed by atoms with E-state index in [1.54, 1.807) is 31.2 Å². The maximum atomic E-state index is 12.1. The molecule has 23 heavy (non-hydrogen) atoms.